The lowest BCUT2D eigenvalue weighted by Crippen LogP contribution is -2.12. The fourth-order valence-corrected chi connectivity index (χ4v) is 2.07. The van der Waals surface area contributed by atoms with E-state index in [1.807, 2.05) is 25.1 Å². The van der Waals surface area contributed by atoms with E-state index in [9.17, 15) is 0 Å². The largest absolute Gasteiger partial charge is 0.494 e. The number of halogens is 1. The lowest BCUT2D eigenvalue weighted by Gasteiger charge is -2.09. The van der Waals surface area contributed by atoms with Crippen LogP contribution in [-0.2, 0) is 0 Å². The predicted molar refractivity (Wildman–Crippen MR) is 83.3 cm³/mol. The second kappa shape index (κ2) is 9.22. The number of rotatable bonds is 9. The third-order valence-corrected chi connectivity index (χ3v) is 3.57. The minimum absolute atomic E-state index is 0.799. The van der Waals surface area contributed by atoms with Crippen LogP contribution >= 0.6 is 11.6 Å². The molecule has 0 saturated carbocycles. The maximum atomic E-state index is 5.98. The van der Waals surface area contributed by atoms with Crippen LogP contribution in [0.4, 0.5) is 0 Å². The standard InChI is InChI=1S/C16H26ClNO/c1-14-13-15(9-10-16(14)17)19-12-8-6-4-5-7-11-18(2)3/h9-10,13H,4-8,11-12H2,1-3H3. The average molecular weight is 284 g/mol. The van der Waals surface area contributed by atoms with E-state index in [1.54, 1.807) is 0 Å². The van der Waals surface area contributed by atoms with Crippen LogP contribution in [0, 0.1) is 6.92 Å². The first-order valence-electron chi connectivity index (χ1n) is 7.13. The summed E-state index contributed by atoms with van der Waals surface area (Å²) in [6, 6.07) is 5.83. The molecular weight excluding hydrogens is 258 g/mol. The van der Waals surface area contributed by atoms with Crippen LogP contribution in [0.25, 0.3) is 0 Å². The second-order valence-electron chi connectivity index (χ2n) is 5.33. The highest BCUT2D eigenvalue weighted by Crippen LogP contribution is 2.21. The van der Waals surface area contributed by atoms with Gasteiger partial charge in [-0.3, -0.25) is 0 Å². The number of aryl methyl sites for hydroxylation is 1. The molecule has 0 heterocycles. The molecule has 2 nitrogen and oxygen atoms in total. The number of benzene rings is 1. The van der Waals surface area contributed by atoms with Crippen molar-refractivity contribution in [3.63, 3.8) is 0 Å². The maximum absolute atomic E-state index is 5.98. The molecule has 0 atom stereocenters. The van der Waals surface area contributed by atoms with Gasteiger partial charge in [-0.25, -0.2) is 0 Å². The van der Waals surface area contributed by atoms with Crippen LogP contribution in [0.3, 0.4) is 0 Å². The second-order valence-corrected chi connectivity index (χ2v) is 5.74. The zero-order valence-electron chi connectivity index (χ0n) is 12.4. The Balaban J connectivity index is 2.03. The molecule has 0 saturated heterocycles. The summed E-state index contributed by atoms with van der Waals surface area (Å²) in [6.07, 6.45) is 6.29. The first-order chi connectivity index (χ1) is 9.09. The monoisotopic (exact) mass is 283 g/mol. The molecule has 0 bridgehead atoms. The van der Waals surface area contributed by atoms with Gasteiger partial charge >= 0.3 is 0 Å². The molecule has 0 aliphatic carbocycles. The van der Waals surface area contributed by atoms with Gasteiger partial charge in [0.05, 0.1) is 6.61 Å². The fourth-order valence-electron chi connectivity index (χ4n) is 1.96. The molecule has 0 fully saturated rings. The Morgan fingerprint density at radius 1 is 1.05 bits per heavy atom. The van der Waals surface area contributed by atoms with Gasteiger partial charge in [0.2, 0.25) is 0 Å². The Hall–Kier alpha value is -0.730. The van der Waals surface area contributed by atoms with Gasteiger partial charge in [-0.15, -0.1) is 0 Å². The van der Waals surface area contributed by atoms with Gasteiger partial charge in [0.25, 0.3) is 0 Å². The Kier molecular flexibility index (Phi) is 7.92. The minimum atomic E-state index is 0.799. The molecule has 0 N–H and O–H groups in total. The van der Waals surface area contributed by atoms with Crippen molar-refractivity contribution in [2.75, 3.05) is 27.2 Å². The van der Waals surface area contributed by atoms with E-state index in [-0.39, 0.29) is 0 Å². The highest BCUT2D eigenvalue weighted by Gasteiger charge is 1.98. The predicted octanol–water partition coefficient (Wildman–Crippen LogP) is 4.54. The summed E-state index contributed by atoms with van der Waals surface area (Å²) in [7, 11) is 4.25. The molecule has 1 rings (SSSR count). The van der Waals surface area contributed by atoms with Gasteiger partial charge in [-0.1, -0.05) is 30.9 Å². The third kappa shape index (κ3) is 7.44. The van der Waals surface area contributed by atoms with E-state index in [0.717, 1.165) is 29.4 Å². The summed E-state index contributed by atoms with van der Waals surface area (Å²) in [5.41, 5.74) is 1.07. The van der Waals surface area contributed by atoms with Gasteiger partial charge in [0.1, 0.15) is 5.75 Å². The zero-order valence-corrected chi connectivity index (χ0v) is 13.2. The Labute approximate surface area is 122 Å². The normalized spacial score (nSPS) is 11.0. The lowest BCUT2D eigenvalue weighted by atomic mass is 10.1. The molecule has 0 amide bonds. The number of hydrogen-bond acceptors (Lipinski definition) is 2. The van der Waals surface area contributed by atoms with Crippen LogP contribution in [0.1, 0.15) is 37.7 Å². The van der Waals surface area contributed by atoms with Crippen LogP contribution in [0.2, 0.25) is 5.02 Å². The highest BCUT2D eigenvalue weighted by atomic mass is 35.5. The molecule has 19 heavy (non-hydrogen) atoms. The molecule has 0 radical (unpaired) electrons. The van der Waals surface area contributed by atoms with Crippen molar-refractivity contribution in [1.82, 2.24) is 4.90 Å². The van der Waals surface area contributed by atoms with E-state index in [0.29, 0.717) is 0 Å². The fraction of sp³-hybridized carbons (Fsp3) is 0.625. The maximum Gasteiger partial charge on any atom is 0.119 e. The molecule has 3 heteroatoms. The van der Waals surface area contributed by atoms with Crippen molar-refractivity contribution < 1.29 is 4.74 Å². The van der Waals surface area contributed by atoms with E-state index >= 15 is 0 Å². The topological polar surface area (TPSA) is 12.5 Å². The number of nitrogens with zero attached hydrogens (tertiary/aromatic N) is 1. The molecule has 1 aromatic rings. The first-order valence-corrected chi connectivity index (χ1v) is 7.51. The molecule has 0 aliphatic rings. The van der Waals surface area contributed by atoms with Crippen molar-refractivity contribution in [3.8, 4) is 5.75 Å². The van der Waals surface area contributed by atoms with Crippen LogP contribution < -0.4 is 4.74 Å². The van der Waals surface area contributed by atoms with Crippen molar-refractivity contribution >= 4 is 11.6 Å². The summed E-state index contributed by atoms with van der Waals surface area (Å²) in [5, 5.41) is 0.799. The summed E-state index contributed by atoms with van der Waals surface area (Å²) >= 11 is 5.98. The number of unbranched alkanes of at least 4 members (excludes halogenated alkanes) is 4. The molecule has 108 valence electrons. The van der Waals surface area contributed by atoms with Crippen molar-refractivity contribution in [2.24, 2.45) is 0 Å². The lowest BCUT2D eigenvalue weighted by molar-refractivity contribution is 0.303. The van der Waals surface area contributed by atoms with Crippen molar-refractivity contribution in [3.05, 3.63) is 28.8 Å². The quantitative estimate of drug-likeness (QED) is 0.617. The van der Waals surface area contributed by atoms with Crippen molar-refractivity contribution in [1.29, 1.82) is 0 Å². The summed E-state index contributed by atoms with van der Waals surface area (Å²) in [4.78, 5) is 2.24. The van der Waals surface area contributed by atoms with Gasteiger partial charge in [-0.2, -0.15) is 0 Å². The average Bonchev–Trinajstić information content (AvgIpc) is 2.36. The minimum Gasteiger partial charge on any atom is -0.494 e. The van der Waals surface area contributed by atoms with Crippen LogP contribution in [0.5, 0.6) is 5.75 Å². The van der Waals surface area contributed by atoms with E-state index in [1.165, 1.54) is 32.2 Å². The third-order valence-electron chi connectivity index (χ3n) is 3.15. The van der Waals surface area contributed by atoms with E-state index in [4.69, 9.17) is 16.3 Å². The smallest absolute Gasteiger partial charge is 0.119 e. The van der Waals surface area contributed by atoms with E-state index < -0.39 is 0 Å². The molecule has 0 spiro atoms. The highest BCUT2D eigenvalue weighted by molar-refractivity contribution is 6.31. The molecular formula is C16H26ClNO. The van der Waals surface area contributed by atoms with Gasteiger partial charge in [0.15, 0.2) is 0 Å². The number of ether oxygens (including phenoxy) is 1. The molecule has 0 aliphatic heterocycles. The summed E-state index contributed by atoms with van der Waals surface area (Å²) in [5.74, 6) is 0.925. The van der Waals surface area contributed by atoms with Crippen LogP contribution in [0.15, 0.2) is 18.2 Å². The van der Waals surface area contributed by atoms with Crippen LogP contribution in [-0.4, -0.2) is 32.1 Å². The molecule has 0 aromatic heterocycles. The summed E-state index contributed by atoms with van der Waals surface area (Å²) in [6.45, 7) is 4.00. The first kappa shape index (κ1) is 16.3. The van der Waals surface area contributed by atoms with Gasteiger partial charge in [-0.05, 0) is 64.2 Å². The van der Waals surface area contributed by atoms with Crippen molar-refractivity contribution in [2.45, 2.75) is 39.0 Å². The SMILES string of the molecule is Cc1cc(OCCCCCCCN(C)C)ccc1Cl. The summed E-state index contributed by atoms with van der Waals surface area (Å²) < 4.78 is 5.72. The van der Waals surface area contributed by atoms with Gasteiger partial charge < -0.3 is 9.64 Å². The Morgan fingerprint density at radius 3 is 2.42 bits per heavy atom. The number of hydrogen-bond donors (Lipinski definition) is 0. The Morgan fingerprint density at radius 2 is 1.74 bits per heavy atom. The Bertz CT molecular complexity index is 366. The molecule has 1 aromatic carbocycles. The van der Waals surface area contributed by atoms with Gasteiger partial charge in [0, 0.05) is 5.02 Å². The van der Waals surface area contributed by atoms with E-state index in [2.05, 4.69) is 19.0 Å². The molecule has 0 unspecified atom stereocenters. The zero-order chi connectivity index (χ0) is 14.1.